The second-order valence-electron chi connectivity index (χ2n) is 8.23. The van der Waals surface area contributed by atoms with E-state index in [1.54, 1.807) is 0 Å². The third-order valence-electron chi connectivity index (χ3n) is 5.84. The molecule has 0 aromatic heterocycles. The molecule has 0 fully saturated rings. The van der Waals surface area contributed by atoms with E-state index in [4.69, 9.17) is 14.5 Å². The molecule has 3 nitrogen and oxygen atoms in total. The van der Waals surface area contributed by atoms with Crippen LogP contribution in [-0.4, -0.2) is 12.3 Å². The van der Waals surface area contributed by atoms with Gasteiger partial charge in [-0.3, -0.25) is 4.99 Å². The molecule has 1 aliphatic rings. The van der Waals surface area contributed by atoms with Crippen molar-refractivity contribution in [3.05, 3.63) is 137 Å². The Labute approximate surface area is 201 Å². The second-order valence-corrected chi connectivity index (χ2v) is 8.23. The molecule has 0 atom stereocenters. The van der Waals surface area contributed by atoms with Crippen molar-refractivity contribution >= 4 is 11.8 Å². The van der Waals surface area contributed by atoms with Crippen LogP contribution in [-0.2, 0) is 19.6 Å². The highest BCUT2D eigenvalue weighted by molar-refractivity contribution is 6.12. The fourth-order valence-electron chi connectivity index (χ4n) is 4.09. The van der Waals surface area contributed by atoms with Crippen molar-refractivity contribution in [2.24, 2.45) is 4.99 Å². The lowest BCUT2D eigenvalue weighted by Crippen LogP contribution is -2.14. The fraction of sp³-hybridized carbons (Fsp3) is 0.129. The smallest absolute Gasteiger partial charge is 0.165 e. The summed E-state index contributed by atoms with van der Waals surface area (Å²) >= 11 is 0. The third kappa shape index (κ3) is 5.26. The van der Waals surface area contributed by atoms with Crippen LogP contribution < -0.4 is 9.47 Å². The Hall–Kier alpha value is -4.11. The molecule has 0 aliphatic carbocycles. The van der Waals surface area contributed by atoms with Crippen molar-refractivity contribution in [3.8, 4) is 11.5 Å². The van der Waals surface area contributed by atoms with Gasteiger partial charge in [-0.2, -0.15) is 0 Å². The summed E-state index contributed by atoms with van der Waals surface area (Å²) < 4.78 is 12.7. The fourth-order valence-corrected chi connectivity index (χ4v) is 4.09. The molecule has 0 bridgehead atoms. The molecular weight excluding hydrogens is 418 g/mol. The summed E-state index contributed by atoms with van der Waals surface area (Å²) in [4.78, 5) is 4.80. The second kappa shape index (κ2) is 10.7. The lowest BCUT2D eigenvalue weighted by molar-refractivity contribution is 0.253. The van der Waals surface area contributed by atoms with Crippen LogP contribution in [0.3, 0.4) is 0 Å². The zero-order valence-corrected chi connectivity index (χ0v) is 19.1. The summed E-state index contributed by atoms with van der Waals surface area (Å²) in [6.45, 7) is 1.72. The number of benzene rings is 4. The van der Waals surface area contributed by atoms with Gasteiger partial charge in [0.2, 0.25) is 0 Å². The van der Waals surface area contributed by atoms with E-state index in [0.29, 0.717) is 13.2 Å². The molecule has 0 spiro atoms. The van der Waals surface area contributed by atoms with E-state index in [1.807, 2.05) is 60.7 Å². The van der Waals surface area contributed by atoms with Gasteiger partial charge in [0.1, 0.15) is 13.2 Å². The number of aliphatic imine (C=N–C) groups is 1. The lowest BCUT2D eigenvalue weighted by Gasteiger charge is -2.22. The predicted octanol–water partition coefficient (Wildman–Crippen LogP) is 6.90. The van der Waals surface area contributed by atoms with Crippen molar-refractivity contribution in [1.82, 2.24) is 0 Å². The van der Waals surface area contributed by atoms with Crippen molar-refractivity contribution in [2.75, 3.05) is 6.54 Å². The molecule has 0 unspecified atom stereocenters. The van der Waals surface area contributed by atoms with Crippen LogP contribution in [0.5, 0.6) is 11.5 Å². The van der Waals surface area contributed by atoms with Crippen LogP contribution in [0.1, 0.15) is 27.8 Å². The van der Waals surface area contributed by atoms with Crippen LogP contribution >= 0.6 is 0 Å². The van der Waals surface area contributed by atoms with Crippen molar-refractivity contribution < 1.29 is 9.47 Å². The van der Waals surface area contributed by atoms with Crippen LogP contribution in [0.2, 0.25) is 0 Å². The number of hydrogen-bond donors (Lipinski definition) is 0. The molecule has 5 rings (SSSR count). The van der Waals surface area contributed by atoms with Gasteiger partial charge in [0.05, 0.1) is 5.71 Å². The maximum absolute atomic E-state index is 6.42. The van der Waals surface area contributed by atoms with Crippen molar-refractivity contribution in [2.45, 2.75) is 19.6 Å². The molecule has 0 amide bonds. The van der Waals surface area contributed by atoms with Gasteiger partial charge >= 0.3 is 0 Å². The lowest BCUT2D eigenvalue weighted by atomic mass is 9.95. The van der Waals surface area contributed by atoms with Gasteiger partial charge in [-0.25, -0.2) is 0 Å². The SMILES string of the molecule is C(=Cc1ccccc1)C1=NCCc2c1ccc(OCc1ccccc1)c2OCc1ccccc1. The number of allylic oxidation sites excluding steroid dienone is 1. The predicted molar refractivity (Wildman–Crippen MR) is 139 cm³/mol. The maximum Gasteiger partial charge on any atom is 0.165 e. The molecule has 34 heavy (non-hydrogen) atoms. The molecule has 1 heterocycles. The molecule has 1 aliphatic heterocycles. The largest absolute Gasteiger partial charge is 0.485 e. The van der Waals surface area contributed by atoms with Crippen LogP contribution in [0.4, 0.5) is 0 Å². The first-order valence-corrected chi connectivity index (χ1v) is 11.6. The number of fused-ring (bicyclic) bond motifs is 1. The molecule has 0 radical (unpaired) electrons. The quantitative estimate of drug-likeness (QED) is 0.295. The van der Waals surface area contributed by atoms with Gasteiger partial charge in [-0.05, 0) is 41.3 Å². The molecule has 4 aromatic rings. The molecule has 4 aromatic carbocycles. The van der Waals surface area contributed by atoms with Crippen LogP contribution in [0.25, 0.3) is 6.08 Å². The molecule has 0 N–H and O–H groups in total. The van der Waals surface area contributed by atoms with Crippen molar-refractivity contribution in [3.63, 3.8) is 0 Å². The highest BCUT2D eigenvalue weighted by atomic mass is 16.5. The average molecular weight is 446 g/mol. The van der Waals surface area contributed by atoms with Crippen LogP contribution in [0, 0.1) is 0 Å². The number of ether oxygens (including phenoxy) is 2. The van der Waals surface area contributed by atoms with E-state index >= 15 is 0 Å². The van der Waals surface area contributed by atoms with Gasteiger partial charge in [0.15, 0.2) is 11.5 Å². The molecule has 168 valence electrons. The Bertz CT molecular complexity index is 1280. The Morgan fingerprint density at radius 1 is 0.647 bits per heavy atom. The van der Waals surface area contributed by atoms with Gasteiger partial charge in [0.25, 0.3) is 0 Å². The van der Waals surface area contributed by atoms with E-state index < -0.39 is 0 Å². The van der Waals surface area contributed by atoms with Gasteiger partial charge in [-0.1, -0.05) is 97.1 Å². The average Bonchev–Trinajstić information content (AvgIpc) is 2.91. The summed E-state index contributed by atoms with van der Waals surface area (Å²) in [5.41, 5.74) is 6.65. The first-order chi connectivity index (χ1) is 16.9. The summed E-state index contributed by atoms with van der Waals surface area (Å²) in [5, 5.41) is 0. The normalized spacial score (nSPS) is 12.8. The summed E-state index contributed by atoms with van der Waals surface area (Å²) in [6.07, 6.45) is 5.03. The van der Waals surface area contributed by atoms with E-state index in [2.05, 4.69) is 54.6 Å². The third-order valence-corrected chi connectivity index (χ3v) is 5.84. The minimum atomic E-state index is 0.491. The minimum Gasteiger partial charge on any atom is -0.485 e. The summed E-state index contributed by atoms with van der Waals surface area (Å²) in [5.74, 6) is 1.59. The molecular formula is C31H27NO2. The summed E-state index contributed by atoms with van der Waals surface area (Å²) in [6, 6.07) is 34.9. The highest BCUT2D eigenvalue weighted by Crippen LogP contribution is 2.37. The first kappa shape index (κ1) is 21.7. The monoisotopic (exact) mass is 445 g/mol. The van der Waals surface area contributed by atoms with E-state index in [9.17, 15) is 0 Å². The van der Waals surface area contributed by atoms with Gasteiger partial charge < -0.3 is 9.47 Å². The number of hydrogen-bond acceptors (Lipinski definition) is 3. The zero-order chi connectivity index (χ0) is 23.0. The Kier molecular flexibility index (Phi) is 6.82. The van der Waals surface area contributed by atoms with Crippen LogP contribution in [0.15, 0.2) is 114 Å². The van der Waals surface area contributed by atoms with E-state index in [0.717, 1.165) is 58.0 Å². The topological polar surface area (TPSA) is 30.8 Å². The Balaban J connectivity index is 1.45. The minimum absolute atomic E-state index is 0.491. The first-order valence-electron chi connectivity index (χ1n) is 11.6. The number of nitrogens with zero attached hydrogens (tertiary/aromatic N) is 1. The Morgan fingerprint density at radius 2 is 1.26 bits per heavy atom. The molecule has 0 saturated heterocycles. The van der Waals surface area contributed by atoms with Crippen molar-refractivity contribution in [1.29, 1.82) is 0 Å². The maximum atomic E-state index is 6.42. The molecule has 3 heteroatoms. The zero-order valence-electron chi connectivity index (χ0n) is 19.1. The van der Waals surface area contributed by atoms with E-state index in [1.165, 1.54) is 0 Å². The number of rotatable bonds is 8. The summed E-state index contributed by atoms with van der Waals surface area (Å²) in [7, 11) is 0. The van der Waals surface area contributed by atoms with Gasteiger partial charge in [0, 0.05) is 17.7 Å². The Morgan fingerprint density at radius 3 is 1.94 bits per heavy atom. The highest BCUT2D eigenvalue weighted by Gasteiger charge is 2.21. The standard InChI is InChI=1S/C31H27NO2/c1-4-10-24(11-5-1)16-18-29-27-17-19-30(33-22-25-12-6-2-7-13-25)31(28(27)20-21-32-29)34-23-26-14-8-3-9-15-26/h1-19H,20-23H2. The van der Waals surface area contributed by atoms with Gasteiger partial charge in [-0.15, -0.1) is 0 Å². The van der Waals surface area contributed by atoms with E-state index in [-0.39, 0.29) is 0 Å². The molecule has 0 saturated carbocycles.